The van der Waals surface area contributed by atoms with Crippen LogP contribution in [0.5, 0.6) is 0 Å². The number of nitrogens with zero attached hydrogens (tertiary/aromatic N) is 1. The summed E-state index contributed by atoms with van der Waals surface area (Å²) in [5.41, 5.74) is 0. The van der Waals surface area contributed by atoms with E-state index in [-0.39, 0.29) is 0 Å². The third-order valence-electron chi connectivity index (χ3n) is 4.08. The Morgan fingerprint density at radius 2 is 1.82 bits per heavy atom. The molecule has 1 N–H and O–H groups in total. The average Bonchev–Trinajstić information content (AvgIpc) is 3.19. The van der Waals surface area contributed by atoms with Crippen LogP contribution < -0.4 is 5.32 Å². The standard InChI is InChI=1S/C14H28N2O/c1-17-12-11-16(14-7-8-14)10-9-15-13-5-3-2-4-6-13/h13-15H,2-12H2,1H3. The zero-order chi connectivity index (χ0) is 11.9. The van der Waals surface area contributed by atoms with Crippen LogP contribution in [0.2, 0.25) is 0 Å². The lowest BCUT2D eigenvalue weighted by Gasteiger charge is -2.26. The van der Waals surface area contributed by atoms with Crippen molar-refractivity contribution < 1.29 is 4.74 Å². The summed E-state index contributed by atoms with van der Waals surface area (Å²) < 4.78 is 5.18. The Morgan fingerprint density at radius 3 is 2.47 bits per heavy atom. The van der Waals surface area contributed by atoms with Gasteiger partial charge in [-0.05, 0) is 25.7 Å². The van der Waals surface area contributed by atoms with E-state index < -0.39 is 0 Å². The lowest BCUT2D eigenvalue weighted by molar-refractivity contribution is 0.142. The van der Waals surface area contributed by atoms with Crippen molar-refractivity contribution in [2.45, 2.75) is 57.0 Å². The number of ether oxygens (including phenoxy) is 1. The van der Waals surface area contributed by atoms with Gasteiger partial charge in [-0.2, -0.15) is 0 Å². The third-order valence-corrected chi connectivity index (χ3v) is 4.08. The van der Waals surface area contributed by atoms with E-state index in [0.717, 1.165) is 31.8 Å². The van der Waals surface area contributed by atoms with E-state index in [2.05, 4.69) is 10.2 Å². The highest BCUT2D eigenvalue weighted by atomic mass is 16.5. The summed E-state index contributed by atoms with van der Waals surface area (Å²) in [5, 5.41) is 3.73. The zero-order valence-electron chi connectivity index (χ0n) is 11.3. The average molecular weight is 240 g/mol. The molecule has 0 aromatic rings. The summed E-state index contributed by atoms with van der Waals surface area (Å²) in [6.45, 7) is 4.34. The largest absolute Gasteiger partial charge is 0.383 e. The molecule has 2 aliphatic carbocycles. The molecule has 17 heavy (non-hydrogen) atoms. The van der Waals surface area contributed by atoms with Gasteiger partial charge in [0.15, 0.2) is 0 Å². The van der Waals surface area contributed by atoms with Crippen molar-refractivity contribution in [1.82, 2.24) is 10.2 Å². The molecule has 0 bridgehead atoms. The molecule has 100 valence electrons. The molecule has 0 heterocycles. The Hall–Kier alpha value is -0.120. The third kappa shape index (κ3) is 4.94. The first-order valence-electron chi connectivity index (χ1n) is 7.36. The molecular formula is C14H28N2O. The van der Waals surface area contributed by atoms with Crippen LogP contribution in [0.4, 0.5) is 0 Å². The zero-order valence-corrected chi connectivity index (χ0v) is 11.3. The topological polar surface area (TPSA) is 24.5 Å². The molecule has 3 nitrogen and oxygen atoms in total. The smallest absolute Gasteiger partial charge is 0.0589 e. The molecular weight excluding hydrogens is 212 g/mol. The van der Waals surface area contributed by atoms with Crippen molar-refractivity contribution in [1.29, 1.82) is 0 Å². The first-order valence-corrected chi connectivity index (χ1v) is 7.36. The minimum absolute atomic E-state index is 0.798. The van der Waals surface area contributed by atoms with Crippen molar-refractivity contribution in [2.75, 3.05) is 33.4 Å². The lowest BCUT2D eigenvalue weighted by atomic mass is 9.95. The van der Waals surface area contributed by atoms with Crippen LogP contribution in [0, 0.1) is 0 Å². The fraction of sp³-hybridized carbons (Fsp3) is 1.00. The summed E-state index contributed by atoms with van der Waals surface area (Å²) in [6, 6.07) is 1.66. The van der Waals surface area contributed by atoms with Gasteiger partial charge in [0.1, 0.15) is 0 Å². The second-order valence-corrected chi connectivity index (χ2v) is 5.55. The molecule has 2 saturated carbocycles. The van der Waals surface area contributed by atoms with Gasteiger partial charge in [0.2, 0.25) is 0 Å². The minimum Gasteiger partial charge on any atom is -0.383 e. The summed E-state index contributed by atoms with van der Waals surface area (Å²) in [4.78, 5) is 2.60. The summed E-state index contributed by atoms with van der Waals surface area (Å²) in [5.74, 6) is 0. The number of nitrogens with one attached hydrogen (secondary N) is 1. The van der Waals surface area contributed by atoms with Gasteiger partial charge in [0.25, 0.3) is 0 Å². The van der Waals surface area contributed by atoms with Crippen LogP contribution in [-0.2, 0) is 4.74 Å². The quantitative estimate of drug-likeness (QED) is 0.702. The monoisotopic (exact) mass is 240 g/mol. The number of hydrogen-bond acceptors (Lipinski definition) is 3. The highest BCUT2D eigenvalue weighted by Crippen LogP contribution is 2.26. The fourth-order valence-corrected chi connectivity index (χ4v) is 2.84. The Labute approximate surface area is 106 Å². The maximum absolute atomic E-state index is 5.18. The van der Waals surface area contributed by atoms with E-state index in [1.54, 1.807) is 7.11 Å². The normalized spacial score (nSPS) is 22.2. The predicted molar refractivity (Wildman–Crippen MR) is 71.3 cm³/mol. The van der Waals surface area contributed by atoms with Crippen molar-refractivity contribution in [3.63, 3.8) is 0 Å². The van der Waals surface area contributed by atoms with Gasteiger partial charge in [-0.3, -0.25) is 4.90 Å². The number of methoxy groups -OCH3 is 1. The summed E-state index contributed by atoms with van der Waals surface area (Å²) in [7, 11) is 1.80. The van der Waals surface area contributed by atoms with E-state index in [1.165, 1.54) is 51.5 Å². The molecule has 0 saturated heterocycles. The molecule has 0 amide bonds. The van der Waals surface area contributed by atoms with Gasteiger partial charge in [0, 0.05) is 38.8 Å². The Kier molecular flexibility index (Phi) is 5.75. The second-order valence-electron chi connectivity index (χ2n) is 5.55. The molecule has 0 unspecified atom stereocenters. The molecule has 0 aliphatic heterocycles. The second kappa shape index (κ2) is 7.34. The van der Waals surface area contributed by atoms with Crippen LogP contribution >= 0.6 is 0 Å². The minimum atomic E-state index is 0.798. The van der Waals surface area contributed by atoms with Gasteiger partial charge >= 0.3 is 0 Å². The van der Waals surface area contributed by atoms with Crippen LogP contribution in [0.25, 0.3) is 0 Å². The van der Waals surface area contributed by atoms with Crippen LogP contribution in [-0.4, -0.2) is 50.3 Å². The lowest BCUT2D eigenvalue weighted by Crippen LogP contribution is -2.40. The van der Waals surface area contributed by atoms with E-state index in [4.69, 9.17) is 4.74 Å². The highest BCUT2D eigenvalue weighted by molar-refractivity contribution is 4.85. The van der Waals surface area contributed by atoms with Gasteiger partial charge < -0.3 is 10.1 Å². The Balaban J connectivity index is 1.57. The predicted octanol–water partition coefficient (Wildman–Crippen LogP) is 2.02. The van der Waals surface area contributed by atoms with Crippen LogP contribution in [0.1, 0.15) is 44.9 Å². The maximum Gasteiger partial charge on any atom is 0.0589 e. The van der Waals surface area contributed by atoms with Crippen molar-refractivity contribution in [3.05, 3.63) is 0 Å². The molecule has 0 atom stereocenters. The van der Waals surface area contributed by atoms with Crippen LogP contribution in [0.15, 0.2) is 0 Å². The van der Waals surface area contributed by atoms with E-state index in [1.807, 2.05) is 0 Å². The molecule has 2 aliphatic rings. The number of hydrogen-bond donors (Lipinski definition) is 1. The summed E-state index contributed by atoms with van der Waals surface area (Å²) >= 11 is 0. The highest BCUT2D eigenvalue weighted by Gasteiger charge is 2.28. The van der Waals surface area contributed by atoms with Crippen molar-refractivity contribution >= 4 is 0 Å². The number of rotatable bonds is 8. The first-order chi connectivity index (χ1) is 8.40. The van der Waals surface area contributed by atoms with Gasteiger partial charge in [-0.1, -0.05) is 19.3 Å². The molecule has 0 aromatic heterocycles. The first kappa shape index (κ1) is 13.3. The van der Waals surface area contributed by atoms with Crippen molar-refractivity contribution in [2.24, 2.45) is 0 Å². The maximum atomic E-state index is 5.18. The van der Waals surface area contributed by atoms with Crippen molar-refractivity contribution in [3.8, 4) is 0 Å². The van der Waals surface area contributed by atoms with E-state index in [9.17, 15) is 0 Å². The van der Waals surface area contributed by atoms with E-state index >= 15 is 0 Å². The van der Waals surface area contributed by atoms with E-state index in [0.29, 0.717) is 0 Å². The molecule has 0 radical (unpaired) electrons. The molecule has 2 rings (SSSR count). The Morgan fingerprint density at radius 1 is 1.06 bits per heavy atom. The van der Waals surface area contributed by atoms with Gasteiger partial charge in [-0.15, -0.1) is 0 Å². The van der Waals surface area contributed by atoms with Gasteiger partial charge in [0.05, 0.1) is 6.61 Å². The summed E-state index contributed by atoms with van der Waals surface area (Å²) in [6.07, 6.45) is 9.87. The van der Waals surface area contributed by atoms with Crippen LogP contribution in [0.3, 0.4) is 0 Å². The molecule has 2 fully saturated rings. The molecule has 0 spiro atoms. The SMILES string of the molecule is COCCN(CCNC1CCCCC1)C1CC1. The Bertz CT molecular complexity index is 200. The fourth-order valence-electron chi connectivity index (χ4n) is 2.84. The van der Waals surface area contributed by atoms with Gasteiger partial charge in [-0.25, -0.2) is 0 Å². The molecule has 0 aromatic carbocycles. The molecule has 3 heteroatoms.